The molecule has 0 aromatic heterocycles. The zero-order valence-corrected chi connectivity index (χ0v) is 18.4. The Bertz CT molecular complexity index is 842. The van der Waals surface area contributed by atoms with Crippen molar-refractivity contribution in [1.29, 1.82) is 0 Å². The molecule has 1 aromatic carbocycles. The molecule has 0 nitrogen and oxygen atoms in total. The van der Waals surface area contributed by atoms with Crippen LogP contribution in [0.3, 0.4) is 0 Å². The van der Waals surface area contributed by atoms with Crippen molar-refractivity contribution in [2.45, 2.75) is 46.0 Å². The van der Waals surface area contributed by atoms with Crippen molar-refractivity contribution in [2.24, 2.45) is 47.3 Å². The van der Waals surface area contributed by atoms with Gasteiger partial charge in [-0.3, -0.25) is 0 Å². The van der Waals surface area contributed by atoms with E-state index in [1.165, 1.54) is 6.42 Å². The summed E-state index contributed by atoms with van der Waals surface area (Å²) in [5.41, 5.74) is 3.32. The summed E-state index contributed by atoms with van der Waals surface area (Å²) in [6, 6.07) is 9.55. The van der Waals surface area contributed by atoms with Crippen LogP contribution in [-0.2, 0) is 0 Å². The van der Waals surface area contributed by atoms with E-state index < -0.39 is 0 Å². The normalized spacial score (nSPS) is 42.4. The second-order valence-corrected chi connectivity index (χ2v) is 10.5. The van der Waals surface area contributed by atoms with Crippen LogP contribution >= 0.6 is 0 Å². The molecule has 0 heterocycles. The maximum Gasteiger partial charge on any atom is -0.00594 e. The van der Waals surface area contributed by atoms with Crippen LogP contribution in [0.15, 0.2) is 72.9 Å². The number of rotatable bonds is 3. The SMILES string of the molecule is CC(C)C1CC2C=CC=CC2C1c1ccccc1C1C(C)C2C=CC=CC2C1C. The van der Waals surface area contributed by atoms with Gasteiger partial charge in [-0.2, -0.15) is 0 Å². The first-order valence-corrected chi connectivity index (χ1v) is 11.9. The summed E-state index contributed by atoms with van der Waals surface area (Å²) < 4.78 is 0. The predicted molar refractivity (Wildman–Crippen MR) is 124 cm³/mol. The van der Waals surface area contributed by atoms with Crippen molar-refractivity contribution in [2.75, 3.05) is 0 Å². The van der Waals surface area contributed by atoms with Gasteiger partial charge in [0.25, 0.3) is 0 Å². The number of hydrogen-bond donors (Lipinski definition) is 0. The van der Waals surface area contributed by atoms with Crippen LogP contribution in [0.1, 0.15) is 57.1 Å². The van der Waals surface area contributed by atoms with Crippen molar-refractivity contribution in [3.63, 3.8) is 0 Å². The molecule has 0 N–H and O–H groups in total. The van der Waals surface area contributed by atoms with E-state index in [-0.39, 0.29) is 0 Å². The molecule has 0 radical (unpaired) electrons. The molecule has 152 valence electrons. The zero-order valence-electron chi connectivity index (χ0n) is 18.4. The molecule has 2 fully saturated rings. The Hall–Kier alpha value is -1.82. The number of allylic oxidation sites excluding steroid dienone is 8. The molecular weight excluding hydrogens is 348 g/mol. The Kier molecular flexibility index (Phi) is 4.93. The quantitative estimate of drug-likeness (QED) is 0.505. The maximum absolute atomic E-state index is 2.52. The van der Waals surface area contributed by atoms with E-state index in [4.69, 9.17) is 0 Å². The zero-order chi connectivity index (χ0) is 20.1. The smallest absolute Gasteiger partial charge is 0.00594 e. The molecule has 5 rings (SSSR count). The molecule has 0 amide bonds. The summed E-state index contributed by atoms with van der Waals surface area (Å²) in [4.78, 5) is 0. The van der Waals surface area contributed by atoms with Crippen LogP contribution in [0.4, 0.5) is 0 Å². The van der Waals surface area contributed by atoms with E-state index in [1.54, 1.807) is 11.1 Å². The van der Waals surface area contributed by atoms with Gasteiger partial charge in [-0.05, 0) is 76.7 Å². The summed E-state index contributed by atoms with van der Waals surface area (Å²) in [5, 5.41) is 0. The highest BCUT2D eigenvalue weighted by Gasteiger charge is 2.48. The van der Waals surface area contributed by atoms with E-state index in [0.29, 0.717) is 41.4 Å². The van der Waals surface area contributed by atoms with E-state index in [9.17, 15) is 0 Å². The third-order valence-electron chi connectivity index (χ3n) is 8.86. The fourth-order valence-corrected chi connectivity index (χ4v) is 7.50. The van der Waals surface area contributed by atoms with Gasteiger partial charge in [0, 0.05) is 0 Å². The van der Waals surface area contributed by atoms with Gasteiger partial charge >= 0.3 is 0 Å². The highest BCUT2D eigenvalue weighted by molar-refractivity contribution is 5.40. The minimum absolute atomic E-state index is 0.656. The number of fused-ring (bicyclic) bond motifs is 2. The van der Waals surface area contributed by atoms with Gasteiger partial charge in [0.1, 0.15) is 0 Å². The molecule has 0 aliphatic heterocycles. The Morgan fingerprint density at radius 1 is 0.690 bits per heavy atom. The third kappa shape index (κ3) is 3.02. The monoisotopic (exact) mass is 384 g/mol. The fourth-order valence-electron chi connectivity index (χ4n) is 7.50. The summed E-state index contributed by atoms with van der Waals surface area (Å²) in [7, 11) is 0. The van der Waals surface area contributed by atoms with Gasteiger partial charge in [-0.15, -0.1) is 0 Å². The lowest BCUT2D eigenvalue weighted by Gasteiger charge is -2.33. The Morgan fingerprint density at radius 2 is 1.21 bits per heavy atom. The van der Waals surface area contributed by atoms with Crippen LogP contribution in [0.25, 0.3) is 0 Å². The molecular formula is C29H36. The van der Waals surface area contributed by atoms with E-state index >= 15 is 0 Å². The molecule has 1 aromatic rings. The molecule has 0 spiro atoms. The van der Waals surface area contributed by atoms with Crippen LogP contribution in [0.5, 0.6) is 0 Å². The van der Waals surface area contributed by atoms with Gasteiger partial charge in [0.15, 0.2) is 0 Å². The molecule has 0 heteroatoms. The van der Waals surface area contributed by atoms with Crippen molar-refractivity contribution in [3.05, 3.63) is 84.0 Å². The maximum atomic E-state index is 2.52. The summed E-state index contributed by atoms with van der Waals surface area (Å²) in [6.07, 6.45) is 20.4. The van der Waals surface area contributed by atoms with Gasteiger partial charge in [-0.1, -0.05) is 101 Å². The summed E-state index contributed by atoms with van der Waals surface area (Å²) in [5.74, 6) is 7.00. The Labute approximate surface area is 177 Å². The Morgan fingerprint density at radius 3 is 1.79 bits per heavy atom. The standard InChI is InChI=1S/C29H36/c1-18(2)27-17-21-11-5-6-14-24(21)29(27)26-16-10-9-15-25(26)28-19(3)22-12-7-8-13-23(22)20(28)4/h5-16,18-24,27-29H,17H2,1-4H3. The lowest BCUT2D eigenvalue weighted by atomic mass is 9.71. The topological polar surface area (TPSA) is 0 Å². The first kappa shape index (κ1) is 19.2. The third-order valence-corrected chi connectivity index (χ3v) is 8.86. The number of benzene rings is 1. The van der Waals surface area contributed by atoms with Crippen molar-refractivity contribution < 1.29 is 0 Å². The highest BCUT2D eigenvalue weighted by atomic mass is 14.5. The van der Waals surface area contributed by atoms with Crippen LogP contribution < -0.4 is 0 Å². The first-order chi connectivity index (χ1) is 14.1. The Balaban J connectivity index is 1.58. The van der Waals surface area contributed by atoms with Gasteiger partial charge < -0.3 is 0 Å². The molecule has 4 aliphatic rings. The second-order valence-electron chi connectivity index (χ2n) is 10.5. The van der Waals surface area contributed by atoms with Crippen molar-refractivity contribution in [1.82, 2.24) is 0 Å². The van der Waals surface area contributed by atoms with Crippen molar-refractivity contribution in [3.8, 4) is 0 Å². The lowest BCUT2D eigenvalue weighted by Crippen LogP contribution is -2.22. The van der Waals surface area contributed by atoms with Crippen LogP contribution in [-0.4, -0.2) is 0 Å². The van der Waals surface area contributed by atoms with E-state index in [1.807, 2.05) is 0 Å². The lowest BCUT2D eigenvalue weighted by molar-refractivity contribution is 0.337. The fraction of sp³-hybridized carbons (Fsp3) is 0.517. The van der Waals surface area contributed by atoms with Crippen LogP contribution in [0.2, 0.25) is 0 Å². The first-order valence-electron chi connectivity index (χ1n) is 11.9. The molecule has 2 saturated carbocycles. The van der Waals surface area contributed by atoms with Crippen LogP contribution in [0, 0.1) is 47.3 Å². The van der Waals surface area contributed by atoms with E-state index in [0.717, 1.165) is 17.8 Å². The summed E-state index contributed by atoms with van der Waals surface area (Å²) in [6.45, 7) is 9.89. The molecule has 4 aliphatic carbocycles. The van der Waals surface area contributed by atoms with Crippen molar-refractivity contribution >= 4 is 0 Å². The minimum atomic E-state index is 0.656. The largest absolute Gasteiger partial charge is 0.0808 e. The van der Waals surface area contributed by atoms with Gasteiger partial charge in [0.2, 0.25) is 0 Å². The predicted octanol–water partition coefficient (Wildman–Crippen LogP) is 7.53. The minimum Gasteiger partial charge on any atom is -0.0808 e. The highest BCUT2D eigenvalue weighted by Crippen LogP contribution is 2.58. The average molecular weight is 385 g/mol. The van der Waals surface area contributed by atoms with Gasteiger partial charge in [-0.25, -0.2) is 0 Å². The molecule has 0 saturated heterocycles. The summed E-state index contributed by atoms with van der Waals surface area (Å²) >= 11 is 0. The average Bonchev–Trinajstić information content (AvgIpc) is 3.24. The van der Waals surface area contributed by atoms with E-state index in [2.05, 4.69) is 101 Å². The molecule has 0 bridgehead atoms. The molecule has 8 atom stereocenters. The number of hydrogen-bond acceptors (Lipinski definition) is 0. The van der Waals surface area contributed by atoms with Gasteiger partial charge in [0.05, 0.1) is 0 Å². The molecule has 29 heavy (non-hydrogen) atoms. The molecule has 8 unspecified atom stereocenters. The second kappa shape index (κ2) is 7.46.